The van der Waals surface area contributed by atoms with E-state index in [2.05, 4.69) is 43.7 Å². The SMILES string of the molecule is CCCCCCCCCCCC[n+]1cc(CC)ccc1C.[Cl-]. The molecule has 0 atom stereocenters. The van der Waals surface area contributed by atoms with Crippen LogP contribution in [0.2, 0.25) is 0 Å². The van der Waals surface area contributed by atoms with Crippen molar-refractivity contribution in [2.24, 2.45) is 0 Å². The van der Waals surface area contributed by atoms with Crippen LogP contribution < -0.4 is 17.0 Å². The van der Waals surface area contributed by atoms with Crippen molar-refractivity contribution in [2.75, 3.05) is 0 Å². The van der Waals surface area contributed by atoms with Crippen LogP contribution in [-0.4, -0.2) is 0 Å². The average Bonchev–Trinajstić information content (AvgIpc) is 2.51. The van der Waals surface area contributed by atoms with Crippen LogP contribution in [0.4, 0.5) is 0 Å². The number of aryl methyl sites for hydroxylation is 3. The second-order valence-electron chi connectivity index (χ2n) is 6.41. The smallest absolute Gasteiger partial charge is 0.178 e. The summed E-state index contributed by atoms with van der Waals surface area (Å²) in [5.41, 5.74) is 2.84. The molecule has 0 aliphatic rings. The molecule has 0 aliphatic carbocycles. The molecule has 0 spiro atoms. The Balaban J connectivity index is 0.00000441. The van der Waals surface area contributed by atoms with Gasteiger partial charge in [-0.1, -0.05) is 65.2 Å². The van der Waals surface area contributed by atoms with Gasteiger partial charge in [0.1, 0.15) is 6.54 Å². The van der Waals surface area contributed by atoms with E-state index in [-0.39, 0.29) is 12.4 Å². The molecule has 1 aromatic rings. The third-order valence-corrected chi connectivity index (χ3v) is 4.47. The lowest BCUT2D eigenvalue weighted by molar-refractivity contribution is -0.703. The van der Waals surface area contributed by atoms with E-state index in [4.69, 9.17) is 0 Å². The van der Waals surface area contributed by atoms with Crippen molar-refractivity contribution < 1.29 is 17.0 Å². The van der Waals surface area contributed by atoms with Crippen LogP contribution in [0.25, 0.3) is 0 Å². The van der Waals surface area contributed by atoms with E-state index in [0.717, 1.165) is 6.42 Å². The summed E-state index contributed by atoms with van der Waals surface area (Å²) in [5, 5.41) is 0. The Labute approximate surface area is 144 Å². The van der Waals surface area contributed by atoms with E-state index in [1.807, 2.05) is 0 Å². The lowest BCUT2D eigenvalue weighted by Gasteiger charge is -2.04. The minimum absolute atomic E-state index is 0. The van der Waals surface area contributed by atoms with Gasteiger partial charge in [0.2, 0.25) is 0 Å². The van der Waals surface area contributed by atoms with Gasteiger partial charge < -0.3 is 12.4 Å². The predicted octanol–water partition coefficient (Wildman–Crippen LogP) is 2.77. The first-order valence-electron chi connectivity index (χ1n) is 9.27. The topological polar surface area (TPSA) is 3.88 Å². The summed E-state index contributed by atoms with van der Waals surface area (Å²) in [6.07, 6.45) is 17.6. The van der Waals surface area contributed by atoms with Crippen LogP contribution >= 0.6 is 0 Å². The quantitative estimate of drug-likeness (QED) is 0.411. The van der Waals surface area contributed by atoms with Gasteiger partial charge in [0.15, 0.2) is 11.9 Å². The molecule has 128 valence electrons. The number of aromatic nitrogens is 1. The maximum Gasteiger partial charge on any atom is 0.178 e. The van der Waals surface area contributed by atoms with Crippen molar-refractivity contribution in [3.8, 4) is 0 Å². The van der Waals surface area contributed by atoms with Crippen molar-refractivity contribution >= 4 is 0 Å². The first-order valence-corrected chi connectivity index (χ1v) is 9.27. The molecule has 1 nitrogen and oxygen atoms in total. The zero-order valence-electron chi connectivity index (χ0n) is 15.0. The second-order valence-corrected chi connectivity index (χ2v) is 6.41. The van der Waals surface area contributed by atoms with Crippen molar-refractivity contribution in [3.05, 3.63) is 29.6 Å². The van der Waals surface area contributed by atoms with Crippen LogP contribution in [0.5, 0.6) is 0 Å². The van der Waals surface area contributed by atoms with Crippen molar-refractivity contribution in [1.29, 1.82) is 0 Å². The van der Waals surface area contributed by atoms with Crippen molar-refractivity contribution in [1.82, 2.24) is 0 Å². The predicted molar refractivity (Wildman–Crippen MR) is 92.6 cm³/mol. The van der Waals surface area contributed by atoms with E-state index < -0.39 is 0 Å². The highest BCUT2D eigenvalue weighted by Crippen LogP contribution is 2.10. The van der Waals surface area contributed by atoms with Gasteiger partial charge in [0.05, 0.1) is 0 Å². The second kappa shape index (κ2) is 14.1. The summed E-state index contributed by atoms with van der Waals surface area (Å²) in [7, 11) is 0. The number of pyridine rings is 1. The Morgan fingerprint density at radius 3 is 1.86 bits per heavy atom. The molecule has 0 fully saturated rings. The molecule has 0 unspecified atom stereocenters. The summed E-state index contributed by atoms with van der Waals surface area (Å²) in [6, 6.07) is 4.51. The molecule has 0 radical (unpaired) electrons. The fraction of sp³-hybridized carbons (Fsp3) is 0.750. The summed E-state index contributed by atoms with van der Waals surface area (Å²) in [6.45, 7) is 7.93. The molecule has 0 bridgehead atoms. The first-order chi connectivity index (χ1) is 10.3. The highest BCUT2D eigenvalue weighted by Gasteiger charge is 2.06. The van der Waals surface area contributed by atoms with Crippen LogP contribution in [0.1, 0.15) is 89.3 Å². The highest BCUT2D eigenvalue weighted by molar-refractivity contribution is 5.08. The lowest BCUT2D eigenvalue weighted by atomic mass is 10.1. The van der Waals surface area contributed by atoms with Gasteiger partial charge in [-0.05, 0) is 18.9 Å². The fourth-order valence-corrected chi connectivity index (χ4v) is 2.89. The fourth-order valence-electron chi connectivity index (χ4n) is 2.89. The normalized spacial score (nSPS) is 10.5. The average molecular weight is 326 g/mol. The zero-order chi connectivity index (χ0) is 15.3. The molecule has 1 aromatic heterocycles. The summed E-state index contributed by atoms with van der Waals surface area (Å²) < 4.78 is 2.43. The van der Waals surface area contributed by atoms with E-state index in [9.17, 15) is 0 Å². The Morgan fingerprint density at radius 1 is 0.773 bits per heavy atom. The highest BCUT2D eigenvalue weighted by atomic mass is 35.5. The third kappa shape index (κ3) is 9.46. The Morgan fingerprint density at radius 2 is 1.32 bits per heavy atom. The first kappa shape index (κ1) is 21.4. The van der Waals surface area contributed by atoms with E-state index >= 15 is 0 Å². The van der Waals surface area contributed by atoms with Gasteiger partial charge >= 0.3 is 0 Å². The largest absolute Gasteiger partial charge is 1.00 e. The van der Waals surface area contributed by atoms with Crippen LogP contribution in [-0.2, 0) is 13.0 Å². The molecule has 0 saturated carbocycles. The maximum atomic E-state index is 2.43. The van der Waals surface area contributed by atoms with Crippen LogP contribution in [0.15, 0.2) is 18.3 Å². The number of hydrogen-bond acceptors (Lipinski definition) is 0. The monoisotopic (exact) mass is 325 g/mol. The number of nitrogens with zero attached hydrogens (tertiary/aromatic N) is 1. The van der Waals surface area contributed by atoms with Gasteiger partial charge in [-0.2, -0.15) is 0 Å². The molecular weight excluding hydrogens is 290 g/mol. The maximum absolute atomic E-state index is 2.43. The Bertz CT molecular complexity index is 376. The summed E-state index contributed by atoms with van der Waals surface area (Å²) in [4.78, 5) is 0. The van der Waals surface area contributed by atoms with Gasteiger partial charge in [-0.3, -0.25) is 0 Å². The molecule has 1 rings (SSSR count). The molecule has 2 heteroatoms. The summed E-state index contributed by atoms with van der Waals surface area (Å²) in [5.74, 6) is 0. The molecule has 0 N–H and O–H groups in total. The minimum atomic E-state index is 0. The van der Waals surface area contributed by atoms with E-state index in [0.29, 0.717) is 0 Å². The molecule has 0 saturated heterocycles. The number of rotatable bonds is 12. The lowest BCUT2D eigenvalue weighted by Crippen LogP contribution is -3.00. The third-order valence-electron chi connectivity index (χ3n) is 4.47. The minimum Gasteiger partial charge on any atom is -1.00 e. The number of hydrogen-bond donors (Lipinski definition) is 0. The van der Waals surface area contributed by atoms with Crippen molar-refractivity contribution in [2.45, 2.75) is 97.9 Å². The van der Waals surface area contributed by atoms with Crippen LogP contribution in [0.3, 0.4) is 0 Å². The van der Waals surface area contributed by atoms with Crippen LogP contribution in [0, 0.1) is 6.92 Å². The van der Waals surface area contributed by atoms with Crippen molar-refractivity contribution in [3.63, 3.8) is 0 Å². The molecular formula is C20H36ClN. The van der Waals surface area contributed by atoms with Gasteiger partial charge in [-0.15, -0.1) is 0 Å². The Hall–Kier alpha value is -0.560. The van der Waals surface area contributed by atoms with E-state index in [1.54, 1.807) is 0 Å². The number of halogens is 1. The van der Waals surface area contributed by atoms with E-state index in [1.165, 1.54) is 82.0 Å². The molecule has 0 aliphatic heterocycles. The Kier molecular flexibility index (Phi) is 13.7. The van der Waals surface area contributed by atoms with Gasteiger partial charge in [0.25, 0.3) is 0 Å². The zero-order valence-corrected chi connectivity index (χ0v) is 15.8. The molecule has 0 amide bonds. The van der Waals surface area contributed by atoms with Gasteiger partial charge in [0, 0.05) is 25.0 Å². The standard InChI is InChI=1S/C20H36N.ClH/c1-4-6-7-8-9-10-11-12-13-14-17-21-18-20(5-2)16-15-19(21)3;/h15-16,18H,4-14,17H2,1-3H3;1H/q+1;/p-1. The number of unbranched alkanes of at least 4 members (excludes halogenated alkanes) is 9. The molecule has 22 heavy (non-hydrogen) atoms. The molecule has 0 aromatic carbocycles. The van der Waals surface area contributed by atoms with Gasteiger partial charge in [-0.25, -0.2) is 4.57 Å². The summed E-state index contributed by atoms with van der Waals surface area (Å²) >= 11 is 0. The molecule has 1 heterocycles.